The fraction of sp³-hybridized carbons (Fsp3) is 0.105. The van der Waals surface area contributed by atoms with Crippen LogP contribution < -0.4 is 10.9 Å². The smallest absolute Gasteiger partial charge is 0.275 e. The van der Waals surface area contributed by atoms with Crippen LogP contribution in [0.2, 0.25) is 0 Å². The highest BCUT2D eigenvalue weighted by molar-refractivity contribution is 5.92. The molecular formula is C19H16FN5O. The van der Waals surface area contributed by atoms with Gasteiger partial charge in [0.1, 0.15) is 5.82 Å². The van der Waals surface area contributed by atoms with E-state index in [0.717, 1.165) is 5.69 Å². The Labute approximate surface area is 148 Å². The van der Waals surface area contributed by atoms with Crippen molar-refractivity contribution in [2.24, 2.45) is 0 Å². The standard InChI is InChI=1S/C19H16FN5O/c1-12-10-17(23-22-12)21-18-14-7-3-4-8-15(14)19(26)25(24-18)11-13-6-2-5-9-16(13)20/h2-10H,11H2,1H3,(H2,21,22,23,24). The molecule has 7 heteroatoms. The van der Waals surface area contributed by atoms with Crippen molar-refractivity contribution in [3.05, 3.63) is 82.0 Å². The number of nitrogens with zero attached hydrogens (tertiary/aromatic N) is 3. The molecular weight excluding hydrogens is 333 g/mol. The molecule has 0 saturated carbocycles. The number of fused-ring (bicyclic) bond motifs is 1. The van der Waals surface area contributed by atoms with Crippen LogP contribution in [-0.2, 0) is 6.54 Å². The summed E-state index contributed by atoms with van der Waals surface area (Å²) >= 11 is 0. The highest BCUT2D eigenvalue weighted by Gasteiger charge is 2.13. The maximum absolute atomic E-state index is 14.0. The Bertz CT molecular complexity index is 1150. The summed E-state index contributed by atoms with van der Waals surface area (Å²) in [5.74, 6) is 0.714. The summed E-state index contributed by atoms with van der Waals surface area (Å²) in [6.07, 6.45) is 0. The molecule has 4 rings (SSSR count). The first kappa shape index (κ1) is 16.0. The fourth-order valence-corrected chi connectivity index (χ4v) is 2.83. The van der Waals surface area contributed by atoms with Gasteiger partial charge in [0, 0.05) is 22.7 Å². The van der Waals surface area contributed by atoms with Crippen LogP contribution >= 0.6 is 0 Å². The van der Waals surface area contributed by atoms with Gasteiger partial charge >= 0.3 is 0 Å². The van der Waals surface area contributed by atoms with Gasteiger partial charge in [-0.3, -0.25) is 9.89 Å². The summed E-state index contributed by atoms with van der Waals surface area (Å²) in [5.41, 5.74) is 1.03. The Morgan fingerprint density at radius 3 is 2.58 bits per heavy atom. The number of nitrogens with one attached hydrogen (secondary N) is 2. The molecule has 0 unspecified atom stereocenters. The molecule has 130 valence electrons. The first-order chi connectivity index (χ1) is 12.6. The molecule has 2 N–H and O–H groups in total. The Morgan fingerprint density at radius 1 is 1.12 bits per heavy atom. The number of aryl methyl sites for hydroxylation is 1. The van der Waals surface area contributed by atoms with E-state index in [4.69, 9.17) is 0 Å². The number of aromatic nitrogens is 4. The Hall–Kier alpha value is -3.48. The summed E-state index contributed by atoms with van der Waals surface area (Å²) in [6.45, 7) is 1.94. The van der Waals surface area contributed by atoms with E-state index in [9.17, 15) is 9.18 Å². The van der Waals surface area contributed by atoms with Gasteiger partial charge in [-0.2, -0.15) is 10.2 Å². The minimum Gasteiger partial charge on any atom is -0.321 e. The van der Waals surface area contributed by atoms with Crippen LogP contribution in [0.4, 0.5) is 16.0 Å². The number of halogens is 1. The summed E-state index contributed by atoms with van der Waals surface area (Å²) in [7, 11) is 0. The Morgan fingerprint density at radius 2 is 1.85 bits per heavy atom. The number of rotatable bonds is 4. The number of H-pyrrole nitrogens is 1. The van der Waals surface area contributed by atoms with Gasteiger partial charge in [-0.15, -0.1) is 0 Å². The minimum absolute atomic E-state index is 0.0462. The van der Waals surface area contributed by atoms with E-state index in [1.165, 1.54) is 10.7 Å². The van der Waals surface area contributed by atoms with Crippen LogP contribution in [0.1, 0.15) is 11.3 Å². The van der Waals surface area contributed by atoms with Crippen LogP contribution in [0.3, 0.4) is 0 Å². The molecule has 0 bridgehead atoms. The SMILES string of the molecule is Cc1cc(Nc2nn(Cc3ccccc3F)c(=O)c3ccccc23)n[nH]1. The fourth-order valence-electron chi connectivity index (χ4n) is 2.83. The molecule has 6 nitrogen and oxygen atoms in total. The zero-order valence-corrected chi connectivity index (χ0v) is 14.0. The lowest BCUT2D eigenvalue weighted by Gasteiger charge is -2.12. The lowest BCUT2D eigenvalue weighted by Crippen LogP contribution is -2.25. The van der Waals surface area contributed by atoms with E-state index in [-0.39, 0.29) is 17.9 Å². The average molecular weight is 349 g/mol. The molecule has 0 aliphatic rings. The molecule has 2 aromatic heterocycles. The average Bonchev–Trinajstić information content (AvgIpc) is 3.06. The Kier molecular flexibility index (Phi) is 3.96. The van der Waals surface area contributed by atoms with Gasteiger partial charge in [0.05, 0.1) is 11.9 Å². The van der Waals surface area contributed by atoms with E-state index in [2.05, 4.69) is 20.6 Å². The molecule has 0 aliphatic heterocycles. The van der Waals surface area contributed by atoms with Crippen LogP contribution in [-0.4, -0.2) is 20.0 Å². The third kappa shape index (κ3) is 2.95. The predicted octanol–water partition coefficient (Wildman–Crippen LogP) is 3.36. The molecule has 26 heavy (non-hydrogen) atoms. The molecule has 0 radical (unpaired) electrons. The highest BCUT2D eigenvalue weighted by Crippen LogP contribution is 2.21. The number of hydrogen-bond donors (Lipinski definition) is 2. The molecule has 2 heterocycles. The molecule has 0 amide bonds. The summed E-state index contributed by atoms with van der Waals surface area (Å²) in [4.78, 5) is 12.8. The summed E-state index contributed by atoms with van der Waals surface area (Å²) < 4.78 is 15.3. The van der Waals surface area contributed by atoms with Gasteiger partial charge in [0.15, 0.2) is 11.6 Å². The molecule has 0 aliphatic carbocycles. The number of anilines is 2. The Balaban J connectivity index is 1.84. The van der Waals surface area contributed by atoms with Gasteiger partial charge in [-0.25, -0.2) is 9.07 Å². The second kappa shape index (κ2) is 6.44. The normalized spacial score (nSPS) is 11.0. The monoisotopic (exact) mass is 349 g/mol. The van der Waals surface area contributed by atoms with Gasteiger partial charge in [-0.05, 0) is 19.1 Å². The first-order valence-corrected chi connectivity index (χ1v) is 8.14. The minimum atomic E-state index is -0.369. The lowest BCUT2D eigenvalue weighted by atomic mass is 10.1. The predicted molar refractivity (Wildman–Crippen MR) is 98.1 cm³/mol. The van der Waals surface area contributed by atoms with Gasteiger partial charge in [0.25, 0.3) is 5.56 Å². The maximum atomic E-state index is 14.0. The molecule has 0 spiro atoms. The number of hydrogen-bond acceptors (Lipinski definition) is 4. The van der Waals surface area contributed by atoms with E-state index in [0.29, 0.717) is 28.0 Å². The van der Waals surface area contributed by atoms with Crippen molar-refractivity contribution < 1.29 is 4.39 Å². The molecule has 0 atom stereocenters. The van der Waals surface area contributed by atoms with Crippen molar-refractivity contribution in [2.75, 3.05) is 5.32 Å². The summed E-state index contributed by atoms with van der Waals surface area (Å²) in [5, 5.41) is 15.7. The summed E-state index contributed by atoms with van der Waals surface area (Å²) in [6, 6.07) is 15.4. The van der Waals surface area contributed by atoms with E-state index < -0.39 is 0 Å². The highest BCUT2D eigenvalue weighted by atomic mass is 19.1. The van der Waals surface area contributed by atoms with Crippen molar-refractivity contribution >= 4 is 22.4 Å². The van der Waals surface area contributed by atoms with E-state index in [1.807, 2.05) is 25.1 Å². The number of aromatic amines is 1. The zero-order valence-electron chi connectivity index (χ0n) is 14.0. The second-order valence-electron chi connectivity index (χ2n) is 6.01. The van der Waals surface area contributed by atoms with Gasteiger partial charge in [0.2, 0.25) is 0 Å². The molecule has 0 fully saturated rings. The third-order valence-electron chi connectivity index (χ3n) is 4.10. The third-order valence-corrected chi connectivity index (χ3v) is 4.10. The quantitative estimate of drug-likeness (QED) is 0.592. The van der Waals surface area contributed by atoms with Gasteiger partial charge in [-0.1, -0.05) is 36.4 Å². The van der Waals surface area contributed by atoms with Crippen molar-refractivity contribution in [3.63, 3.8) is 0 Å². The van der Waals surface area contributed by atoms with Crippen LogP contribution in [0.5, 0.6) is 0 Å². The van der Waals surface area contributed by atoms with Crippen LogP contribution in [0, 0.1) is 12.7 Å². The zero-order chi connectivity index (χ0) is 18.1. The molecule has 2 aromatic carbocycles. The largest absolute Gasteiger partial charge is 0.321 e. The maximum Gasteiger partial charge on any atom is 0.275 e. The molecule has 4 aromatic rings. The van der Waals surface area contributed by atoms with Crippen molar-refractivity contribution in [1.82, 2.24) is 20.0 Å². The van der Waals surface area contributed by atoms with Gasteiger partial charge < -0.3 is 5.32 Å². The van der Waals surface area contributed by atoms with Crippen molar-refractivity contribution in [2.45, 2.75) is 13.5 Å². The lowest BCUT2D eigenvalue weighted by molar-refractivity contribution is 0.576. The van der Waals surface area contributed by atoms with E-state index in [1.54, 1.807) is 30.3 Å². The second-order valence-corrected chi connectivity index (χ2v) is 6.01. The van der Waals surface area contributed by atoms with Crippen molar-refractivity contribution in [3.8, 4) is 0 Å². The van der Waals surface area contributed by atoms with Crippen LogP contribution in [0.15, 0.2) is 59.4 Å². The van der Waals surface area contributed by atoms with Crippen LogP contribution in [0.25, 0.3) is 10.8 Å². The van der Waals surface area contributed by atoms with Crippen molar-refractivity contribution in [1.29, 1.82) is 0 Å². The number of benzene rings is 2. The first-order valence-electron chi connectivity index (χ1n) is 8.14. The molecule has 0 saturated heterocycles. The topological polar surface area (TPSA) is 75.6 Å². The van der Waals surface area contributed by atoms with E-state index >= 15 is 0 Å².